The summed E-state index contributed by atoms with van der Waals surface area (Å²) < 4.78 is 43.2. The Morgan fingerprint density at radius 3 is 2.53 bits per heavy atom. The van der Waals surface area contributed by atoms with E-state index in [1.807, 2.05) is 6.92 Å². The van der Waals surface area contributed by atoms with Gasteiger partial charge in [0.05, 0.1) is 11.3 Å². The summed E-state index contributed by atoms with van der Waals surface area (Å²) in [7, 11) is 1.43. The van der Waals surface area contributed by atoms with Crippen LogP contribution in [0.15, 0.2) is 52.4 Å². The molecule has 0 fully saturated rings. The van der Waals surface area contributed by atoms with Gasteiger partial charge >= 0.3 is 11.9 Å². The molecule has 0 bridgehead atoms. The molecule has 0 aliphatic carbocycles. The van der Waals surface area contributed by atoms with E-state index in [9.17, 15) is 18.0 Å². The van der Waals surface area contributed by atoms with E-state index in [0.29, 0.717) is 17.5 Å². The number of hydrogen-bond acceptors (Lipinski definition) is 5. The molecule has 0 aliphatic heterocycles. The van der Waals surface area contributed by atoms with Gasteiger partial charge in [-0.25, -0.2) is 4.79 Å². The fourth-order valence-electron chi connectivity index (χ4n) is 3.08. The van der Waals surface area contributed by atoms with Crippen molar-refractivity contribution in [3.8, 4) is 5.69 Å². The van der Waals surface area contributed by atoms with Crippen LogP contribution < -0.4 is 5.69 Å². The van der Waals surface area contributed by atoms with Gasteiger partial charge in [-0.3, -0.25) is 0 Å². The molecule has 1 atom stereocenters. The molecule has 0 radical (unpaired) electrons. The van der Waals surface area contributed by atoms with Crippen LogP contribution in [0.3, 0.4) is 0 Å². The third kappa shape index (κ3) is 4.12. The molecule has 0 saturated heterocycles. The van der Waals surface area contributed by atoms with Crippen LogP contribution in [-0.4, -0.2) is 26.0 Å². The fraction of sp³-hybridized carbons (Fsp3) is 0.300. The Bertz CT molecular complexity index is 1120. The lowest BCUT2D eigenvalue weighted by Gasteiger charge is -2.23. The number of aromatic nitrogens is 4. The van der Waals surface area contributed by atoms with Crippen LogP contribution in [0.2, 0.25) is 0 Å². The molecule has 30 heavy (non-hydrogen) atoms. The van der Waals surface area contributed by atoms with Crippen LogP contribution in [-0.2, 0) is 18.1 Å². The minimum Gasteiger partial charge on any atom is -0.383 e. The Morgan fingerprint density at radius 1 is 1.17 bits per heavy atom. The Morgan fingerprint density at radius 2 is 1.90 bits per heavy atom. The smallest absolute Gasteiger partial charge is 0.383 e. The highest BCUT2D eigenvalue weighted by molar-refractivity contribution is 5.56. The fourth-order valence-corrected chi connectivity index (χ4v) is 3.08. The number of rotatable bonds is 6. The van der Waals surface area contributed by atoms with Crippen molar-refractivity contribution in [2.45, 2.75) is 32.5 Å². The quantitative estimate of drug-likeness (QED) is 0.450. The van der Waals surface area contributed by atoms with Crippen molar-refractivity contribution in [2.75, 3.05) is 0 Å². The van der Waals surface area contributed by atoms with Crippen molar-refractivity contribution in [2.24, 2.45) is 12.2 Å². The molecule has 1 unspecified atom stereocenters. The third-order valence-electron chi connectivity index (χ3n) is 4.49. The van der Waals surface area contributed by atoms with E-state index < -0.39 is 23.5 Å². The van der Waals surface area contributed by atoms with E-state index in [-0.39, 0.29) is 11.3 Å². The van der Waals surface area contributed by atoms with Gasteiger partial charge in [-0.1, -0.05) is 42.4 Å². The molecule has 158 valence electrons. The number of benzene rings is 2. The summed E-state index contributed by atoms with van der Waals surface area (Å²) in [4.78, 5) is 18.0. The van der Waals surface area contributed by atoms with Crippen LogP contribution in [0.4, 0.5) is 13.2 Å². The normalized spacial score (nSPS) is 13.0. The average Bonchev–Trinajstić information content (AvgIpc) is 3.04. The molecular weight excluding hydrogens is 399 g/mol. The highest BCUT2D eigenvalue weighted by Gasteiger charge is 2.37. The molecule has 0 amide bonds. The maximum atomic E-state index is 13.7. The molecular formula is C20H20F3N5O2. The lowest BCUT2D eigenvalue weighted by atomic mass is 9.92. The zero-order valence-electron chi connectivity index (χ0n) is 16.6. The van der Waals surface area contributed by atoms with E-state index in [1.165, 1.54) is 31.5 Å². The van der Waals surface area contributed by atoms with Crippen LogP contribution in [0.25, 0.3) is 5.69 Å². The van der Waals surface area contributed by atoms with Gasteiger partial charge in [0.15, 0.2) is 6.10 Å². The first-order valence-electron chi connectivity index (χ1n) is 9.18. The largest absolute Gasteiger partial charge is 0.416 e. The summed E-state index contributed by atoms with van der Waals surface area (Å²) in [5.41, 5.74) is -0.291. The summed E-state index contributed by atoms with van der Waals surface area (Å²) in [6, 6.07) is 10.1. The molecule has 0 saturated carbocycles. The second-order valence-corrected chi connectivity index (χ2v) is 6.57. The summed E-state index contributed by atoms with van der Waals surface area (Å²) in [6.07, 6.45) is -3.83. The van der Waals surface area contributed by atoms with Crippen molar-refractivity contribution < 1.29 is 18.0 Å². The Hall–Kier alpha value is -3.43. The Labute approximate surface area is 170 Å². The predicted molar refractivity (Wildman–Crippen MR) is 104 cm³/mol. The summed E-state index contributed by atoms with van der Waals surface area (Å²) in [5.74, 6) is 0. The second kappa shape index (κ2) is 8.52. The number of halogens is 3. The zero-order valence-corrected chi connectivity index (χ0v) is 16.6. The standard InChI is InChI=1S/C20H20F3N5O2/c1-4-12-24-30-18(14-9-5-6-10-15(14)20(21,22)23)17-13(2)8-7-11-16(17)28-19(29)27(3)25-26-28/h5-12,18H,4H2,1-3H3. The first-order chi connectivity index (χ1) is 14.3. The number of oxime groups is 1. The van der Waals surface area contributed by atoms with Crippen LogP contribution >= 0.6 is 0 Å². The van der Waals surface area contributed by atoms with Crippen LogP contribution in [0.1, 0.15) is 41.7 Å². The van der Waals surface area contributed by atoms with Crippen molar-refractivity contribution in [3.63, 3.8) is 0 Å². The van der Waals surface area contributed by atoms with Crippen molar-refractivity contribution in [3.05, 3.63) is 75.2 Å². The van der Waals surface area contributed by atoms with Gasteiger partial charge in [0.2, 0.25) is 0 Å². The number of alkyl halides is 3. The van der Waals surface area contributed by atoms with E-state index >= 15 is 0 Å². The topological polar surface area (TPSA) is 74.3 Å². The number of tetrazole rings is 1. The van der Waals surface area contributed by atoms with Crippen molar-refractivity contribution in [1.82, 2.24) is 19.8 Å². The molecule has 1 aromatic heterocycles. The van der Waals surface area contributed by atoms with Crippen LogP contribution in [0.5, 0.6) is 0 Å². The molecule has 3 rings (SSSR count). The molecule has 7 nitrogen and oxygen atoms in total. The highest BCUT2D eigenvalue weighted by Crippen LogP contribution is 2.40. The summed E-state index contributed by atoms with van der Waals surface area (Å²) in [5, 5.41) is 11.4. The molecule has 0 N–H and O–H groups in total. The minimum atomic E-state index is -4.60. The second-order valence-electron chi connectivity index (χ2n) is 6.57. The zero-order chi connectivity index (χ0) is 21.9. The third-order valence-corrected chi connectivity index (χ3v) is 4.49. The van der Waals surface area contributed by atoms with Gasteiger partial charge in [-0.05, 0) is 41.5 Å². The Balaban J connectivity index is 2.29. The van der Waals surface area contributed by atoms with E-state index in [1.54, 1.807) is 25.1 Å². The van der Waals surface area contributed by atoms with E-state index in [2.05, 4.69) is 15.6 Å². The first kappa shape index (κ1) is 21.3. The maximum absolute atomic E-state index is 13.7. The number of aryl methyl sites for hydroxylation is 2. The van der Waals surface area contributed by atoms with E-state index in [0.717, 1.165) is 15.4 Å². The maximum Gasteiger partial charge on any atom is 0.416 e. The van der Waals surface area contributed by atoms with Gasteiger partial charge in [-0.2, -0.15) is 22.5 Å². The molecule has 10 heteroatoms. The number of hydrogen-bond donors (Lipinski definition) is 0. The van der Waals surface area contributed by atoms with Gasteiger partial charge < -0.3 is 4.84 Å². The van der Waals surface area contributed by atoms with Crippen LogP contribution in [0, 0.1) is 6.92 Å². The van der Waals surface area contributed by atoms with Crippen molar-refractivity contribution >= 4 is 6.21 Å². The van der Waals surface area contributed by atoms with Gasteiger partial charge in [0.1, 0.15) is 0 Å². The van der Waals surface area contributed by atoms with Gasteiger partial charge in [0, 0.05) is 24.4 Å². The molecule has 0 aliphatic rings. The highest BCUT2D eigenvalue weighted by atomic mass is 19.4. The SMILES string of the molecule is CCC=NOC(c1ccccc1C(F)(F)F)c1c(C)cccc1-n1nnn(C)c1=O. The van der Waals surface area contributed by atoms with Gasteiger partial charge in [0.25, 0.3) is 0 Å². The molecule has 1 heterocycles. The summed E-state index contributed by atoms with van der Waals surface area (Å²) >= 11 is 0. The monoisotopic (exact) mass is 419 g/mol. The number of nitrogens with zero attached hydrogens (tertiary/aromatic N) is 5. The minimum absolute atomic E-state index is 0.120. The lowest BCUT2D eigenvalue weighted by Crippen LogP contribution is -2.24. The summed E-state index contributed by atoms with van der Waals surface area (Å²) in [6.45, 7) is 3.54. The lowest BCUT2D eigenvalue weighted by molar-refractivity contribution is -0.139. The molecule has 0 spiro atoms. The Kier molecular flexibility index (Phi) is 6.04. The predicted octanol–water partition coefficient (Wildman–Crippen LogP) is 3.80. The average molecular weight is 419 g/mol. The first-order valence-corrected chi connectivity index (χ1v) is 9.18. The van der Waals surface area contributed by atoms with Gasteiger partial charge in [-0.15, -0.1) is 0 Å². The molecule has 2 aromatic carbocycles. The van der Waals surface area contributed by atoms with E-state index in [4.69, 9.17) is 4.84 Å². The molecule has 3 aromatic rings. The van der Waals surface area contributed by atoms with Crippen molar-refractivity contribution in [1.29, 1.82) is 0 Å².